The van der Waals surface area contributed by atoms with Crippen LogP contribution in [0.1, 0.15) is 42.4 Å². The van der Waals surface area contributed by atoms with Gasteiger partial charge in [0.2, 0.25) is 0 Å². The maximum atomic E-state index is 11.9. The standard InChI is InChI=1S/C14H19BrN2O2S/c1-7-6-9-10(15)12(20-11(9)16-8(7)2)17-13(18)19-14(3,4)5/h6,10,12H,1-5H3,(H,17,18). The molecule has 0 aromatic carbocycles. The van der Waals surface area contributed by atoms with Gasteiger partial charge in [0.15, 0.2) is 0 Å². The van der Waals surface area contributed by atoms with Gasteiger partial charge in [0.1, 0.15) is 16.0 Å². The van der Waals surface area contributed by atoms with E-state index in [2.05, 4.69) is 32.3 Å². The van der Waals surface area contributed by atoms with Gasteiger partial charge in [-0.25, -0.2) is 9.78 Å². The smallest absolute Gasteiger partial charge is 0.408 e. The van der Waals surface area contributed by atoms with Gasteiger partial charge in [-0.1, -0.05) is 33.8 Å². The fourth-order valence-corrected chi connectivity index (χ4v) is 4.00. The Morgan fingerprint density at radius 1 is 1.45 bits per heavy atom. The van der Waals surface area contributed by atoms with Crippen LogP contribution in [0.15, 0.2) is 11.1 Å². The second-order valence-electron chi connectivity index (χ2n) is 5.87. The number of pyridine rings is 1. The average molecular weight is 359 g/mol. The Morgan fingerprint density at radius 2 is 2.10 bits per heavy atom. The zero-order valence-electron chi connectivity index (χ0n) is 12.3. The predicted molar refractivity (Wildman–Crippen MR) is 84.4 cm³/mol. The van der Waals surface area contributed by atoms with E-state index < -0.39 is 11.7 Å². The van der Waals surface area contributed by atoms with Crippen LogP contribution in [0.25, 0.3) is 0 Å². The molecule has 0 aliphatic carbocycles. The molecule has 0 radical (unpaired) electrons. The van der Waals surface area contributed by atoms with Crippen molar-refractivity contribution in [2.24, 2.45) is 0 Å². The zero-order chi connectivity index (χ0) is 15.1. The van der Waals surface area contributed by atoms with E-state index in [9.17, 15) is 4.79 Å². The van der Waals surface area contributed by atoms with Crippen molar-refractivity contribution in [3.8, 4) is 0 Å². The highest BCUT2D eigenvalue weighted by Gasteiger charge is 2.35. The number of aryl methyl sites for hydroxylation is 2. The predicted octanol–water partition coefficient (Wildman–Crippen LogP) is 4.09. The minimum Gasteiger partial charge on any atom is -0.444 e. The molecular formula is C14H19BrN2O2S. The number of carbonyl (C=O) groups excluding carboxylic acids is 1. The lowest BCUT2D eigenvalue weighted by Crippen LogP contribution is -2.38. The summed E-state index contributed by atoms with van der Waals surface area (Å²) in [7, 11) is 0. The Morgan fingerprint density at radius 3 is 2.70 bits per heavy atom. The number of nitrogens with zero attached hydrogens (tertiary/aromatic N) is 1. The van der Waals surface area contributed by atoms with E-state index in [-0.39, 0.29) is 10.2 Å². The summed E-state index contributed by atoms with van der Waals surface area (Å²) in [4.78, 5) is 16.5. The summed E-state index contributed by atoms with van der Waals surface area (Å²) in [6, 6.07) is 2.13. The zero-order valence-corrected chi connectivity index (χ0v) is 14.7. The largest absolute Gasteiger partial charge is 0.444 e. The molecule has 20 heavy (non-hydrogen) atoms. The summed E-state index contributed by atoms with van der Waals surface area (Å²) < 4.78 is 5.29. The molecule has 1 aliphatic heterocycles. The number of carbonyl (C=O) groups is 1. The molecule has 2 atom stereocenters. The van der Waals surface area contributed by atoms with Crippen LogP contribution in [-0.2, 0) is 4.74 Å². The van der Waals surface area contributed by atoms with Crippen LogP contribution in [0.2, 0.25) is 0 Å². The van der Waals surface area contributed by atoms with Gasteiger partial charge in [0, 0.05) is 11.3 Å². The van der Waals surface area contributed by atoms with E-state index in [1.807, 2.05) is 34.6 Å². The minimum absolute atomic E-state index is 0.0434. The summed E-state index contributed by atoms with van der Waals surface area (Å²) in [5, 5.41) is 3.75. The number of alkyl carbamates (subject to hydrolysis) is 1. The lowest BCUT2D eigenvalue weighted by molar-refractivity contribution is 0.0522. The normalized spacial score (nSPS) is 21.5. The van der Waals surface area contributed by atoms with E-state index >= 15 is 0 Å². The summed E-state index contributed by atoms with van der Waals surface area (Å²) in [6.07, 6.45) is -0.402. The quantitative estimate of drug-likeness (QED) is 0.768. The fourth-order valence-electron chi connectivity index (χ4n) is 1.87. The Bertz CT molecular complexity index is 543. The van der Waals surface area contributed by atoms with Gasteiger partial charge in [-0.2, -0.15) is 0 Å². The molecule has 0 fully saturated rings. The van der Waals surface area contributed by atoms with Gasteiger partial charge in [0.05, 0.1) is 4.83 Å². The second kappa shape index (κ2) is 5.56. The molecule has 0 spiro atoms. The maximum Gasteiger partial charge on any atom is 0.408 e. The number of nitrogens with one attached hydrogen (secondary N) is 1. The molecule has 2 rings (SSSR count). The van der Waals surface area contributed by atoms with Crippen molar-refractivity contribution in [1.82, 2.24) is 10.3 Å². The molecule has 1 aromatic rings. The van der Waals surface area contributed by atoms with Crippen LogP contribution in [0.5, 0.6) is 0 Å². The van der Waals surface area contributed by atoms with Gasteiger partial charge in [-0.3, -0.25) is 0 Å². The first kappa shape index (κ1) is 15.6. The summed E-state index contributed by atoms with van der Waals surface area (Å²) in [6.45, 7) is 9.59. The van der Waals surface area contributed by atoms with E-state index in [1.54, 1.807) is 11.8 Å². The first-order chi connectivity index (χ1) is 9.17. The molecule has 4 nitrogen and oxygen atoms in total. The molecule has 0 bridgehead atoms. The van der Waals surface area contributed by atoms with Gasteiger partial charge < -0.3 is 10.1 Å². The molecule has 0 saturated heterocycles. The Kier molecular flexibility index (Phi) is 4.35. The highest BCUT2D eigenvalue weighted by Crippen LogP contribution is 2.47. The minimum atomic E-state index is -0.493. The number of halogens is 1. The van der Waals surface area contributed by atoms with Crippen LogP contribution in [-0.4, -0.2) is 22.1 Å². The number of hydrogen-bond donors (Lipinski definition) is 1. The molecule has 6 heteroatoms. The molecule has 1 aliphatic rings. The lowest BCUT2D eigenvalue weighted by Gasteiger charge is -2.22. The topological polar surface area (TPSA) is 51.2 Å². The number of thioether (sulfide) groups is 1. The summed E-state index contributed by atoms with van der Waals surface area (Å²) in [5.74, 6) is 0. The highest BCUT2D eigenvalue weighted by molar-refractivity contribution is 9.09. The van der Waals surface area contributed by atoms with Crippen molar-refractivity contribution in [2.75, 3.05) is 0 Å². The Labute approximate surface area is 132 Å². The van der Waals surface area contributed by atoms with Gasteiger partial charge >= 0.3 is 6.09 Å². The molecule has 2 unspecified atom stereocenters. The number of amides is 1. The summed E-state index contributed by atoms with van der Waals surface area (Å²) in [5.41, 5.74) is 2.81. The van der Waals surface area contributed by atoms with Crippen molar-refractivity contribution in [3.63, 3.8) is 0 Å². The number of alkyl halides is 1. The third-order valence-corrected chi connectivity index (χ3v) is 5.49. The van der Waals surface area contributed by atoms with Gasteiger partial charge in [0.25, 0.3) is 0 Å². The molecule has 1 aromatic heterocycles. The van der Waals surface area contributed by atoms with Crippen molar-refractivity contribution in [3.05, 3.63) is 22.9 Å². The molecule has 110 valence electrons. The van der Waals surface area contributed by atoms with Gasteiger partial charge in [-0.15, -0.1) is 0 Å². The third-order valence-electron chi connectivity index (χ3n) is 2.92. The van der Waals surface area contributed by atoms with Crippen molar-refractivity contribution in [2.45, 2.75) is 55.4 Å². The van der Waals surface area contributed by atoms with E-state index in [4.69, 9.17) is 4.74 Å². The summed E-state index contributed by atoms with van der Waals surface area (Å²) >= 11 is 5.19. The van der Waals surface area contributed by atoms with Gasteiger partial charge in [-0.05, 0) is 40.2 Å². The number of hydrogen-bond acceptors (Lipinski definition) is 4. The first-order valence-corrected chi connectivity index (χ1v) is 8.25. The second-order valence-corrected chi connectivity index (χ2v) is 7.99. The molecule has 1 N–H and O–H groups in total. The van der Waals surface area contributed by atoms with E-state index in [0.29, 0.717) is 0 Å². The van der Waals surface area contributed by atoms with Crippen LogP contribution in [0.3, 0.4) is 0 Å². The molecule has 1 amide bonds. The van der Waals surface area contributed by atoms with E-state index in [1.165, 1.54) is 0 Å². The van der Waals surface area contributed by atoms with Crippen molar-refractivity contribution in [1.29, 1.82) is 0 Å². The van der Waals surface area contributed by atoms with Crippen molar-refractivity contribution < 1.29 is 9.53 Å². The third kappa shape index (κ3) is 3.47. The van der Waals surface area contributed by atoms with Crippen LogP contribution in [0, 0.1) is 13.8 Å². The van der Waals surface area contributed by atoms with Crippen LogP contribution in [0.4, 0.5) is 4.79 Å². The molecular weight excluding hydrogens is 340 g/mol. The maximum absolute atomic E-state index is 11.9. The monoisotopic (exact) mass is 358 g/mol. The Hall–Kier alpha value is -0.750. The van der Waals surface area contributed by atoms with Crippen LogP contribution < -0.4 is 5.32 Å². The lowest BCUT2D eigenvalue weighted by atomic mass is 10.1. The molecule has 0 saturated carbocycles. The fraction of sp³-hybridized carbons (Fsp3) is 0.571. The van der Waals surface area contributed by atoms with E-state index in [0.717, 1.165) is 21.8 Å². The van der Waals surface area contributed by atoms with Crippen molar-refractivity contribution >= 4 is 33.8 Å². The number of aromatic nitrogens is 1. The average Bonchev–Trinajstić information content (AvgIpc) is 2.55. The molecule has 2 heterocycles. The highest BCUT2D eigenvalue weighted by atomic mass is 79.9. The van der Waals surface area contributed by atoms with Crippen LogP contribution >= 0.6 is 27.7 Å². The Balaban J connectivity index is 2.09. The SMILES string of the molecule is Cc1cc2c(nc1C)SC(NC(=O)OC(C)(C)C)C2Br. The number of fused-ring (bicyclic) bond motifs is 1. The number of ether oxygens (including phenoxy) is 1. The number of rotatable bonds is 1. The first-order valence-electron chi connectivity index (χ1n) is 6.46.